The number of carbonyl (C=O) groups is 1. The van der Waals surface area contributed by atoms with E-state index in [9.17, 15) is 9.90 Å². The van der Waals surface area contributed by atoms with Gasteiger partial charge >= 0.3 is 5.97 Å². The molecular formula is C7H12O6Zn. The van der Waals surface area contributed by atoms with Crippen LogP contribution in [0.15, 0.2) is 0 Å². The molecule has 7 heteroatoms. The van der Waals surface area contributed by atoms with E-state index in [4.69, 9.17) is 20.4 Å². The quantitative estimate of drug-likeness (QED) is 0.337. The molecule has 0 saturated heterocycles. The first-order chi connectivity index (χ1) is 5.87. The Morgan fingerprint density at radius 3 is 1.79 bits per heavy atom. The summed E-state index contributed by atoms with van der Waals surface area (Å²) in [6.45, 7) is 0. The van der Waals surface area contributed by atoms with Gasteiger partial charge in [0.25, 0.3) is 0 Å². The number of carboxylic acids is 1. The molecule has 3 unspecified atom stereocenters. The molecule has 0 heterocycles. The first kappa shape index (κ1) is 13.9. The number of hydrogen-bond acceptors (Lipinski definition) is 5. The Labute approximate surface area is 92.9 Å². The molecule has 1 saturated carbocycles. The normalized spacial score (nSPS) is 42.7. The van der Waals surface area contributed by atoms with Crippen molar-refractivity contribution in [2.24, 2.45) is 0 Å². The van der Waals surface area contributed by atoms with Crippen molar-refractivity contribution >= 4 is 5.97 Å². The molecule has 0 spiro atoms. The van der Waals surface area contributed by atoms with Crippen LogP contribution < -0.4 is 0 Å². The first-order valence-corrected chi connectivity index (χ1v) is 3.87. The van der Waals surface area contributed by atoms with E-state index >= 15 is 0 Å². The minimum absolute atomic E-state index is 0. The molecule has 1 aliphatic rings. The maximum atomic E-state index is 10.5. The molecule has 0 aromatic carbocycles. The van der Waals surface area contributed by atoms with Crippen LogP contribution in [0.25, 0.3) is 0 Å². The van der Waals surface area contributed by atoms with Crippen molar-refractivity contribution in [2.45, 2.75) is 36.8 Å². The molecule has 14 heavy (non-hydrogen) atoms. The van der Waals surface area contributed by atoms with Crippen molar-refractivity contribution < 1.29 is 49.8 Å². The van der Waals surface area contributed by atoms with E-state index < -0.39 is 42.7 Å². The molecule has 1 rings (SSSR count). The third kappa shape index (κ3) is 2.49. The molecule has 0 radical (unpaired) electrons. The van der Waals surface area contributed by atoms with Gasteiger partial charge in [-0.1, -0.05) is 0 Å². The molecule has 0 aromatic rings. The average molecular weight is 258 g/mol. The summed E-state index contributed by atoms with van der Waals surface area (Å²) in [5.41, 5.74) is -2.14. The Bertz CT molecular complexity index is 208. The van der Waals surface area contributed by atoms with Crippen LogP contribution in [0.1, 0.15) is 12.8 Å². The van der Waals surface area contributed by atoms with Gasteiger partial charge < -0.3 is 25.5 Å². The summed E-state index contributed by atoms with van der Waals surface area (Å²) < 4.78 is 0. The zero-order valence-electron chi connectivity index (χ0n) is 7.50. The number of hydrogen-bond donors (Lipinski definition) is 5. The Morgan fingerprint density at radius 2 is 1.50 bits per heavy atom. The van der Waals surface area contributed by atoms with Gasteiger partial charge in [-0.05, 0) is 0 Å². The molecule has 0 bridgehead atoms. The number of aliphatic hydroxyl groups excluding tert-OH is 3. The second-order valence-corrected chi connectivity index (χ2v) is 3.37. The van der Waals surface area contributed by atoms with Gasteiger partial charge in [0.05, 0.1) is 12.2 Å². The van der Waals surface area contributed by atoms with E-state index in [-0.39, 0.29) is 19.5 Å². The molecular weight excluding hydrogens is 245 g/mol. The summed E-state index contributed by atoms with van der Waals surface area (Å²) in [6.07, 6.45) is -5.16. The van der Waals surface area contributed by atoms with Gasteiger partial charge in [-0.2, -0.15) is 0 Å². The van der Waals surface area contributed by atoms with Crippen molar-refractivity contribution in [1.29, 1.82) is 0 Å². The van der Waals surface area contributed by atoms with Gasteiger partial charge in [0.15, 0.2) is 5.60 Å². The summed E-state index contributed by atoms with van der Waals surface area (Å²) in [5.74, 6) is -1.50. The molecule has 1 aliphatic carbocycles. The predicted octanol–water partition coefficient (Wildman–Crippen LogP) is -2.32. The average Bonchev–Trinajstić information content (AvgIpc) is 2.00. The molecule has 0 aliphatic heterocycles. The number of rotatable bonds is 1. The van der Waals surface area contributed by atoms with Crippen LogP contribution in [0.3, 0.4) is 0 Å². The fourth-order valence-electron chi connectivity index (χ4n) is 1.45. The van der Waals surface area contributed by atoms with Crippen LogP contribution in [0.4, 0.5) is 0 Å². The Morgan fingerprint density at radius 1 is 1.14 bits per heavy atom. The van der Waals surface area contributed by atoms with Crippen molar-refractivity contribution in [1.82, 2.24) is 0 Å². The second-order valence-electron chi connectivity index (χ2n) is 3.37. The Hall–Kier alpha value is -0.0666. The molecule has 5 N–H and O–H groups in total. The van der Waals surface area contributed by atoms with Crippen LogP contribution in [-0.4, -0.2) is 55.4 Å². The monoisotopic (exact) mass is 256 g/mol. The van der Waals surface area contributed by atoms with Crippen molar-refractivity contribution in [3.63, 3.8) is 0 Å². The number of aliphatic hydroxyl groups is 4. The van der Waals surface area contributed by atoms with Gasteiger partial charge in [-0.25, -0.2) is 4.79 Å². The van der Waals surface area contributed by atoms with Crippen LogP contribution in [-0.2, 0) is 24.3 Å². The Kier molecular flexibility index (Phi) is 4.61. The van der Waals surface area contributed by atoms with Gasteiger partial charge in [0, 0.05) is 32.3 Å². The minimum Gasteiger partial charge on any atom is -0.479 e. The SMILES string of the molecule is O=C(O)C1(O)CC(O)C(O)[C@H](O)C1.[Zn]. The topological polar surface area (TPSA) is 118 Å². The molecule has 78 valence electrons. The van der Waals surface area contributed by atoms with E-state index in [0.29, 0.717) is 0 Å². The van der Waals surface area contributed by atoms with Crippen molar-refractivity contribution in [3.8, 4) is 0 Å². The second kappa shape index (κ2) is 4.64. The van der Waals surface area contributed by atoms with E-state index in [1.165, 1.54) is 0 Å². The minimum atomic E-state index is -2.14. The molecule has 6 nitrogen and oxygen atoms in total. The molecule has 0 aromatic heterocycles. The third-order valence-corrected chi connectivity index (χ3v) is 2.28. The third-order valence-electron chi connectivity index (χ3n) is 2.28. The van der Waals surface area contributed by atoms with Crippen molar-refractivity contribution in [2.75, 3.05) is 0 Å². The maximum Gasteiger partial charge on any atom is 0.335 e. The zero-order chi connectivity index (χ0) is 10.2. The summed E-state index contributed by atoms with van der Waals surface area (Å²) in [7, 11) is 0. The maximum absolute atomic E-state index is 10.5. The summed E-state index contributed by atoms with van der Waals surface area (Å²) >= 11 is 0. The van der Waals surface area contributed by atoms with Gasteiger partial charge in [0.2, 0.25) is 0 Å². The zero-order valence-corrected chi connectivity index (χ0v) is 10.5. The first-order valence-electron chi connectivity index (χ1n) is 3.87. The fourth-order valence-corrected chi connectivity index (χ4v) is 1.45. The smallest absolute Gasteiger partial charge is 0.335 e. The largest absolute Gasteiger partial charge is 0.479 e. The number of aliphatic carboxylic acids is 1. The van der Waals surface area contributed by atoms with Gasteiger partial charge in [-0.3, -0.25) is 0 Å². The van der Waals surface area contributed by atoms with E-state index in [0.717, 1.165) is 0 Å². The number of carboxylic acid groups (broad SMARTS) is 1. The van der Waals surface area contributed by atoms with Gasteiger partial charge in [-0.15, -0.1) is 0 Å². The molecule has 0 amide bonds. The molecule has 1 fully saturated rings. The van der Waals surface area contributed by atoms with Crippen LogP contribution >= 0.6 is 0 Å². The van der Waals surface area contributed by atoms with Crippen LogP contribution in [0.2, 0.25) is 0 Å². The van der Waals surface area contributed by atoms with E-state index in [1.807, 2.05) is 0 Å². The van der Waals surface area contributed by atoms with Crippen molar-refractivity contribution in [3.05, 3.63) is 0 Å². The summed E-state index contributed by atoms with van der Waals surface area (Å²) in [4.78, 5) is 10.5. The molecule has 4 atom stereocenters. The van der Waals surface area contributed by atoms with Crippen LogP contribution in [0, 0.1) is 0 Å². The standard InChI is InChI=1S/C7H12O6.Zn/c8-3-1-7(13,6(11)12)2-4(9)5(3)10;/h3-5,8-10,13H,1-2H2,(H,11,12);/t3-,4?,5?,7?;/m1./s1. The fraction of sp³-hybridized carbons (Fsp3) is 0.857. The van der Waals surface area contributed by atoms with E-state index in [2.05, 4.69) is 0 Å². The van der Waals surface area contributed by atoms with Gasteiger partial charge in [0.1, 0.15) is 6.10 Å². The summed E-state index contributed by atoms with van der Waals surface area (Å²) in [6, 6.07) is 0. The van der Waals surface area contributed by atoms with E-state index in [1.54, 1.807) is 0 Å². The summed E-state index contributed by atoms with van der Waals surface area (Å²) in [5, 5.41) is 45.2. The Balaban J connectivity index is 0.00000169. The van der Waals surface area contributed by atoms with Crippen LogP contribution in [0.5, 0.6) is 0 Å². The predicted molar refractivity (Wildman–Crippen MR) is 39.8 cm³/mol.